The van der Waals surface area contributed by atoms with Crippen LogP contribution in [0, 0.1) is 20.2 Å². The van der Waals surface area contributed by atoms with E-state index < -0.39 is 18.4 Å². The molecule has 0 atom stereocenters. The van der Waals surface area contributed by atoms with Gasteiger partial charge in [-0.05, 0) is 42.4 Å². The fourth-order valence-corrected chi connectivity index (χ4v) is 7.65. The molecule has 0 unspecified atom stereocenters. The van der Waals surface area contributed by atoms with Crippen molar-refractivity contribution in [1.29, 1.82) is 0 Å². The lowest BCUT2D eigenvalue weighted by atomic mass is 10.0. The molecule has 0 saturated carbocycles. The minimum atomic E-state index is -3.21. The van der Waals surface area contributed by atoms with Crippen molar-refractivity contribution in [3.8, 4) is 5.75 Å². The van der Waals surface area contributed by atoms with Crippen LogP contribution in [0.25, 0.3) is 0 Å². The molecule has 0 aliphatic carbocycles. The molecule has 0 aromatic heterocycles. The van der Waals surface area contributed by atoms with Crippen LogP contribution in [0.3, 0.4) is 0 Å². The van der Waals surface area contributed by atoms with Gasteiger partial charge in [-0.2, -0.15) is 0 Å². The van der Waals surface area contributed by atoms with Crippen LogP contribution in [0.5, 0.6) is 5.75 Å². The molecule has 0 aliphatic heterocycles. The molecule has 0 aliphatic rings. The van der Waals surface area contributed by atoms with Crippen LogP contribution in [0.4, 0.5) is 11.4 Å². The van der Waals surface area contributed by atoms with Crippen molar-refractivity contribution in [2.45, 2.75) is 117 Å². The Labute approximate surface area is 281 Å². The zero-order valence-electron chi connectivity index (χ0n) is 28.2. The lowest BCUT2D eigenvalue weighted by molar-refractivity contribution is -0.385. The fraction of sp³-hybridized carbons (Fsp3) is 0.514. The number of rotatable bonds is 25. The molecule has 0 heterocycles. The van der Waals surface area contributed by atoms with Gasteiger partial charge in [-0.1, -0.05) is 127 Å². The van der Waals surface area contributed by atoms with E-state index in [4.69, 9.17) is 13.6 Å². The summed E-state index contributed by atoms with van der Waals surface area (Å²) in [6, 6.07) is 20.4. The number of benzene rings is 3. The third-order valence-electron chi connectivity index (χ3n) is 8.53. The fourth-order valence-electron chi connectivity index (χ4n) is 5.60. The molecule has 0 N–H and O–H groups in total. The van der Waals surface area contributed by atoms with E-state index in [1.54, 1.807) is 36.4 Å². The number of ether oxygens (including phenoxy) is 1. The van der Waals surface area contributed by atoms with Gasteiger partial charge in [0.15, 0.2) is 0 Å². The number of hydrogen-bond donors (Lipinski definition) is 0. The highest BCUT2D eigenvalue weighted by atomic mass is 28.4. The lowest BCUT2D eigenvalue weighted by Gasteiger charge is -2.28. The highest BCUT2D eigenvalue weighted by Gasteiger charge is 2.36. The van der Waals surface area contributed by atoms with Crippen LogP contribution in [0.2, 0.25) is 6.55 Å². The molecule has 256 valence electrons. The predicted molar refractivity (Wildman–Crippen MR) is 189 cm³/mol. The first-order valence-corrected chi connectivity index (χ1v) is 19.6. The SMILES string of the molecule is CCCCCCCCCCCCCCCCOc1ccc([Si](C)(OCc2ccccc2[N+](=O)[O-])OCc2ccccc2[N+](=O)[O-])cc1. The Morgan fingerprint density at radius 2 is 0.979 bits per heavy atom. The molecule has 47 heavy (non-hydrogen) atoms. The first-order valence-electron chi connectivity index (χ1n) is 17.3. The molecular weight excluding hydrogens is 613 g/mol. The summed E-state index contributed by atoms with van der Waals surface area (Å²) in [4.78, 5) is 22.3. The first kappa shape index (κ1) is 37.9. The van der Waals surface area contributed by atoms with Gasteiger partial charge >= 0.3 is 8.56 Å². The molecule has 0 spiro atoms. The third kappa shape index (κ3) is 13.6. The van der Waals surface area contributed by atoms with Crippen molar-refractivity contribution in [2.24, 2.45) is 0 Å². The highest BCUT2D eigenvalue weighted by molar-refractivity contribution is 6.79. The van der Waals surface area contributed by atoms with Crippen LogP contribution in [0.15, 0.2) is 72.8 Å². The maximum Gasteiger partial charge on any atom is 0.369 e. The summed E-state index contributed by atoms with van der Waals surface area (Å²) in [6.07, 6.45) is 18.4. The Bertz CT molecular complexity index is 1290. The van der Waals surface area contributed by atoms with Gasteiger partial charge in [-0.25, -0.2) is 0 Å². The van der Waals surface area contributed by atoms with E-state index >= 15 is 0 Å². The molecule has 3 aromatic rings. The van der Waals surface area contributed by atoms with Crippen molar-refractivity contribution < 1.29 is 23.4 Å². The Morgan fingerprint density at radius 1 is 0.574 bits per heavy atom. The maximum atomic E-state index is 11.6. The van der Waals surface area contributed by atoms with Crippen LogP contribution in [0.1, 0.15) is 108 Å². The van der Waals surface area contributed by atoms with E-state index in [-0.39, 0.29) is 24.6 Å². The summed E-state index contributed by atoms with van der Waals surface area (Å²) in [5.41, 5.74) is 0.793. The summed E-state index contributed by atoms with van der Waals surface area (Å²) >= 11 is 0. The van der Waals surface area contributed by atoms with E-state index in [0.717, 1.165) is 23.8 Å². The number of para-hydroxylation sites is 2. The quantitative estimate of drug-likeness (QED) is 0.0383. The summed E-state index contributed by atoms with van der Waals surface area (Å²) in [6.45, 7) is 4.69. The molecule has 0 saturated heterocycles. The van der Waals surface area contributed by atoms with Gasteiger partial charge in [0.1, 0.15) is 5.75 Å². The largest absolute Gasteiger partial charge is 0.494 e. The standard InChI is InChI=1S/C37H52N2O7Si/c1-3-4-5-6-7-8-9-10-11-12-13-14-15-20-29-44-34-25-27-35(28-26-34)47(2,45-30-32-21-16-18-23-36(32)38(40)41)46-31-33-22-17-19-24-37(33)39(42)43/h16-19,21-28H,3-15,20,29-31H2,1-2H3. The summed E-state index contributed by atoms with van der Waals surface area (Å²) in [7, 11) is -3.21. The number of nitro benzene ring substituents is 2. The van der Waals surface area contributed by atoms with Gasteiger partial charge in [0.05, 0.1) is 40.8 Å². The van der Waals surface area contributed by atoms with Crippen molar-refractivity contribution in [3.05, 3.63) is 104 Å². The van der Waals surface area contributed by atoms with Gasteiger partial charge in [-0.3, -0.25) is 20.2 Å². The topological polar surface area (TPSA) is 114 Å². The van der Waals surface area contributed by atoms with Gasteiger partial charge in [0, 0.05) is 12.1 Å². The predicted octanol–water partition coefficient (Wildman–Crippen LogP) is 10.1. The summed E-state index contributed by atoms with van der Waals surface area (Å²) in [5, 5.41) is 23.9. The number of hydrogen-bond acceptors (Lipinski definition) is 7. The molecule has 3 rings (SSSR count). The average Bonchev–Trinajstić information content (AvgIpc) is 3.08. The summed E-state index contributed by atoms with van der Waals surface area (Å²) < 4.78 is 18.7. The molecule has 0 fully saturated rings. The third-order valence-corrected chi connectivity index (χ3v) is 11.3. The zero-order chi connectivity index (χ0) is 33.7. The maximum absolute atomic E-state index is 11.6. The Morgan fingerprint density at radius 3 is 1.40 bits per heavy atom. The zero-order valence-corrected chi connectivity index (χ0v) is 29.2. The minimum absolute atomic E-state index is 0.0326. The second-order valence-electron chi connectivity index (χ2n) is 12.3. The van der Waals surface area contributed by atoms with Gasteiger partial charge in [0.2, 0.25) is 0 Å². The van der Waals surface area contributed by atoms with E-state index in [0.29, 0.717) is 17.7 Å². The van der Waals surface area contributed by atoms with Crippen molar-refractivity contribution in [3.63, 3.8) is 0 Å². The Kier molecular flexibility index (Phi) is 17.2. The molecule has 10 heteroatoms. The van der Waals surface area contributed by atoms with E-state index in [9.17, 15) is 20.2 Å². The smallest absolute Gasteiger partial charge is 0.369 e. The molecular formula is C37H52N2O7Si. The monoisotopic (exact) mass is 664 g/mol. The van der Waals surface area contributed by atoms with Crippen LogP contribution in [-0.2, 0) is 22.1 Å². The van der Waals surface area contributed by atoms with E-state index in [1.165, 1.54) is 89.2 Å². The van der Waals surface area contributed by atoms with Crippen molar-refractivity contribution in [1.82, 2.24) is 0 Å². The Balaban J connectivity index is 1.48. The lowest BCUT2D eigenvalue weighted by Crippen LogP contribution is -2.50. The molecule has 0 bridgehead atoms. The second kappa shape index (κ2) is 21.3. The van der Waals surface area contributed by atoms with Crippen LogP contribution < -0.4 is 9.92 Å². The second-order valence-corrected chi connectivity index (χ2v) is 15.3. The van der Waals surface area contributed by atoms with Gasteiger partial charge in [0.25, 0.3) is 11.4 Å². The van der Waals surface area contributed by atoms with E-state index in [2.05, 4.69) is 6.92 Å². The molecule has 0 radical (unpaired) electrons. The number of nitrogens with zero attached hydrogens (tertiary/aromatic N) is 2. The Hall–Kier alpha value is -3.60. The van der Waals surface area contributed by atoms with Crippen LogP contribution >= 0.6 is 0 Å². The number of unbranched alkanes of at least 4 members (excludes halogenated alkanes) is 13. The first-order chi connectivity index (χ1) is 22.8. The van der Waals surface area contributed by atoms with Crippen molar-refractivity contribution in [2.75, 3.05) is 6.61 Å². The van der Waals surface area contributed by atoms with Gasteiger partial charge < -0.3 is 13.6 Å². The minimum Gasteiger partial charge on any atom is -0.494 e. The molecule has 0 amide bonds. The van der Waals surface area contributed by atoms with Gasteiger partial charge in [-0.15, -0.1) is 0 Å². The van der Waals surface area contributed by atoms with Crippen LogP contribution in [-0.4, -0.2) is 25.0 Å². The normalized spacial score (nSPS) is 11.4. The average molecular weight is 665 g/mol. The molecule has 9 nitrogen and oxygen atoms in total. The van der Waals surface area contributed by atoms with Crippen molar-refractivity contribution >= 4 is 25.1 Å². The summed E-state index contributed by atoms with van der Waals surface area (Å²) in [5.74, 6) is 0.747. The van der Waals surface area contributed by atoms with E-state index in [1.807, 2.05) is 30.8 Å². The highest BCUT2D eigenvalue weighted by Crippen LogP contribution is 2.25. The number of nitro groups is 2. The molecule has 3 aromatic carbocycles.